The molecule has 0 aromatic heterocycles. The highest BCUT2D eigenvalue weighted by Crippen LogP contribution is 2.26. The van der Waals surface area contributed by atoms with E-state index >= 15 is 0 Å². The van der Waals surface area contributed by atoms with Crippen LogP contribution in [0, 0.1) is 11.8 Å². The third-order valence-corrected chi connectivity index (χ3v) is 4.72. The zero-order valence-corrected chi connectivity index (χ0v) is 17.9. The zero-order chi connectivity index (χ0) is 21.9. The minimum atomic E-state index is -0.570. The van der Waals surface area contributed by atoms with Crippen LogP contribution in [0.5, 0.6) is 11.5 Å². The molecule has 2 N–H and O–H groups in total. The Bertz CT molecular complexity index is 683. The molecule has 0 bridgehead atoms. The van der Waals surface area contributed by atoms with E-state index in [2.05, 4.69) is 0 Å². The number of esters is 1. The molecule has 0 spiro atoms. The SMILES string of the molecule is CCOc1ccccc1OCC1CN(C(=O)OCOC(=O)C(CN)C(C)C)CCO1. The fraction of sp³-hybridized carbons (Fsp3) is 0.619. The smallest absolute Gasteiger partial charge is 0.412 e. The molecule has 0 aliphatic carbocycles. The molecule has 2 atom stereocenters. The predicted molar refractivity (Wildman–Crippen MR) is 109 cm³/mol. The maximum absolute atomic E-state index is 12.3. The van der Waals surface area contributed by atoms with Gasteiger partial charge in [-0.05, 0) is 25.0 Å². The molecular weight excluding hydrogens is 392 g/mol. The van der Waals surface area contributed by atoms with Crippen molar-refractivity contribution >= 4 is 12.1 Å². The first-order valence-electron chi connectivity index (χ1n) is 10.2. The van der Waals surface area contributed by atoms with Gasteiger partial charge in [0.1, 0.15) is 12.7 Å². The van der Waals surface area contributed by atoms with Crippen LogP contribution in [0.2, 0.25) is 0 Å². The number of ether oxygens (including phenoxy) is 5. The molecule has 1 fully saturated rings. The van der Waals surface area contributed by atoms with E-state index < -0.39 is 24.8 Å². The summed E-state index contributed by atoms with van der Waals surface area (Å²) in [6.45, 7) is 7.25. The van der Waals surface area contributed by atoms with Gasteiger partial charge in [0.25, 0.3) is 0 Å². The van der Waals surface area contributed by atoms with E-state index in [4.69, 9.17) is 29.4 Å². The molecule has 1 heterocycles. The van der Waals surface area contributed by atoms with Crippen molar-refractivity contribution < 1.29 is 33.3 Å². The van der Waals surface area contributed by atoms with Crippen molar-refractivity contribution in [3.63, 3.8) is 0 Å². The van der Waals surface area contributed by atoms with Crippen molar-refractivity contribution in [2.45, 2.75) is 26.9 Å². The van der Waals surface area contributed by atoms with Gasteiger partial charge in [-0.1, -0.05) is 26.0 Å². The van der Waals surface area contributed by atoms with Crippen LogP contribution in [0.4, 0.5) is 4.79 Å². The number of nitrogens with zero attached hydrogens (tertiary/aromatic N) is 1. The van der Waals surface area contributed by atoms with Crippen LogP contribution >= 0.6 is 0 Å². The summed E-state index contributed by atoms with van der Waals surface area (Å²) in [6, 6.07) is 7.38. The molecule has 9 heteroatoms. The average molecular weight is 424 g/mol. The summed E-state index contributed by atoms with van der Waals surface area (Å²) in [5, 5.41) is 0. The lowest BCUT2D eigenvalue weighted by Crippen LogP contribution is -2.48. The number of para-hydroxylation sites is 2. The summed E-state index contributed by atoms with van der Waals surface area (Å²) in [5.41, 5.74) is 5.58. The summed E-state index contributed by atoms with van der Waals surface area (Å²) in [7, 11) is 0. The number of carbonyl (C=O) groups excluding carboxylic acids is 2. The van der Waals surface area contributed by atoms with Gasteiger partial charge in [0, 0.05) is 13.1 Å². The van der Waals surface area contributed by atoms with E-state index in [0.29, 0.717) is 37.8 Å². The Balaban J connectivity index is 1.77. The highest BCUT2D eigenvalue weighted by molar-refractivity contribution is 5.73. The monoisotopic (exact) mass is 424 g/mol. The van der Waals surface area contributed by atoms with E-state index in [1.807, 2.05) is 45.0 Å². The molecule has 30 heavy (non-hydrogen) atoms. The molecule has 1 amide bonds. The predicted octanol–water partition coefficient (Wildman–Crippen LogP) is 2.03. The molecule has 2 rings (SSSR count). The van der Waals surface area contributed by atoms with Crippen LogP contribution < -0.4 is 15.2 Å². The highest BCUT2D eigenvalue weighted by Gasteiger charge is 2.27. The Kier molecular flexibility index (Phi) is 9.69. The molecule has 1 aliphatic heterocycles. The molecule has 1 aliphatic rings. The lowest BCUT2D eigenvalue weighted by molar-refractivity contribution is -0.159. The molecule has 168 valence electrons. The number of carbonyl (C=O) groups is 2. The number of nitrogens with two attached hydrogens (primary N) is 1. The number of hydrogen-bond acceptors (Lipinski definition) is 8. The van der Waals surface area contributed by atoms with Gasteiger partial charge in [-0.2, -0.15) is 0 Å². The Labute approximate surface area is 177 Å². The molecule has 2 unspecified atom stereocenters. The molecular formula is C21H32N2O7. The zero-order valence-electron chi connectivity index (χ0n) is 17.9. The van der Waals surface area contributed by atoms with E-state index in [-0.39, 0.29) is 25.2 Å². The van der Waals surface area contributed by atoms with Crippen molar-refractivity contribution in [1.29, 1.82) is 0 Å². The molecule has 0 saturated carbocycles. The summed E-state index contributed by atoms with van der Waals surface area (Å²) in [4.78, 5) is 25.8. The Morgan fingerprint density at radius 1 is 1.20 bits per heavy atom. The lowest BCUT2D eigenvalue weighted by atomic mass is 9.96. The number of morpholine rings is 1. The second-order valence-corrected chi connectivity index (χ2v) is 7.21. The van der Waals surface area contributed by atoms with Gasteiger partial charge in [-0.25, -0.2) is 4.79 Å². The second kappa shape index (κ2) is 12.2. The van der Waals surface area contributed by atoms with Gasteiger partial charge in [0.05, 0.1) is 25.7 Å². The molecule has 1 aromatic carbocycles. The number of rotatable bonds is 10. The Morgan fingerprint density at radius 2 is 1.90 bits per heavy atom. The van der Waals surface area contributed by atoms with Crippen molar-refractivity contribution in [1.82, 2.24) is 4.90 Å². The second-order valence-electron chi connectivity index (χ2n) is 7.21. The van der Waals surface area contributed by atoms with E-state index in [0.717, 1.165) is 0 Å². The Hall–Kier alpha value is -2.52. The van der Waals surface area contributed by atoms with Crippen LogP contribution in [0.1, 0.15) is 20.8 Å². The van der Waals surface area contributed by atoms with Gasteiger partial charge in [-0.15, -0.1) is 0 Å². The number of benzene rings is 1. The largest absolute Gasteiger partial charge is 0.490 e. The number of hydrogen-bond donors (Lipinski definition) is 1. The first kappa shape index (κ1) is 23.8. The van der Waals surface area contributed by atoms with Crippen molar-refractivity contribution in [3.05, 3.63) is 24.3 Å². The van der Waals surface area contributed by atoms with Crippen molar-refractivity contribution in [2.24, 2.45) is 17.6 Å². The molecule has 9 nitrogen and oxygen atoms in total. The van der Waals surface area contributed by atoms with Gasteiger partial charge in [0.15, 0.2) is 11.5 Å². The Morgan fingerprint density at radius 3 is 2.53 bits per heavy atom. The van der Waals surface area contributed by atoms with Crippen LogP contribution in [0.25, 0.3) is 0 Å². The van der Waals surface area contributed by atoms with Crippen molar-refractivity contribution in [3.8, 4) is 11.5 Å². The maximum Gasteiger partial charge on any atom is 0.412 e. The fourth-order valence-electron chi connectivity index (χ4n) is 2.99. The lowest BCUT2D eigenvalue weighted by Gasteiger charge is -2.32. The van der Waals surface area contributed by atoms with Gasteiger partial charge < -0.3 is 34.3 Å². The third kappa shape index (κ3) is 7.07. The van der Waals surface area contributed by atoms with E-state index in [1.54, 1.807) is 0 Å². The van der Waals surface area contributed by atoms with Crippen LogP contribution in [-0.4, -0.2) is 69.3 Å². The average Bonchev–Trinajstić information content (AvgIpc) is 2.73. The molecule has 1 saturated heterocycles. The van der Waals surface area contributed by atoms with Crippen LogP contribution in [-0.2, 0) is 19.0 Å². The summed E-state index contributed by atoms with van der Waals surface area (Å²) in [6.07, 6.45) is -0.884. The first-order valence-corrected chi connectivity index (χ1v) is 10.2. The topological polar surface area (TPSA) is 110 Å². The minimum Gasteiger partial charge on any atom is -0.490 e. The number of amides is 1. The van der Waals surface area contributed by atoms with Gasteiger partial charge in [-0.3, -0.25) is 4.79 Å². The van der Waals surface area contributed by atoms with Gasteiger partial charge >= 0.3 is 12.1 Å². The summed E-state index contributed by atoms with van der Waals surface area (Å²) >= 11 is 0. The summed E-state index contributed by atoms with van der Waals surface area (Å²) < 4.78 is 27.1. The third-order valence-electron chi connectivity index (χ3n) is 4.72. The highest BCUT2D eigenvalue weighted by atomic mass is 16.7. The van der Waals surface area contributed by atoms with E-state index in [9.17, 15) is 9.59 Å². The van der Waals surface area contributed by atoms with E-state index in [1.165, 1.54) is 4.90 Å². The van der Waals surface area contributed by atoms with Crippen molar-refractivity contribution in [2.75, 3.05) is 46.2 Å². The molecule has 0 radical (unpaired) electrons. The maximum atomic E-state index is 12.3. The first-order chi connectivity index (χ1) is 14.5. The van der Waals surface area contributed by atoms with Crippen LogP contribution in [0.3, 0.4) is 0 Å². The standard InChI is InChI=1S/C21H32N2O7/c1-4-26-18-7-5-6-8-19(18)28-13-16-12-23(9-10-27-16)21(25)30-14-29-20(24)17(11-22)15(2)3/h5-8,15-17H,4,9-14,22H2,1-3H3. The van der Waals surface area contributed by atoms with Gasteiger partial charge in [0.2, 0.25) is 6.79 Å². The quantitative estimate of drug-likeness (QED) is 0.449. The summed E-state index contributed by atoms with van der Waals surface area (Å²) in [5.74, 6) is 0.431. The fourth-order valence-corrected chi connectivity index (χ4v) is 2.99. The normalized spacial score (nSPS) is 17.4. The molecule has 1 aromatic rings. The minimum absolute atomic E-state index is 0.0473. The van der Waals surface area contributed by atoms with Crippen LogP contribution in [0.15, 0.2) is 24.3 Å².